The first kappa shape index (κ1) is 10.1. The SMILES string of the molecule is N#CCCNCc1nc(CO)cs1. The quantitative estimate of drug-likeness (QED) is 0.680. The Kier molecular flexibility index (Phi) is 4.40. The fraction of sp³-hybridized carbons (Fsp3) is 0.500. The molecule has 0 bridgehead atoms. The smallest absolute Gasteiger partial charge is 0.107 e. The summed E-state index contributed by atoms with van der Waals surface area (Å²) in [5.41, 5.74) is 0.710. The number of aromatic nitrogens is 1. The van der Waals surface area contributed by atoms with Gasteiger partial charge < -0.3 is 10.4 Å². The second kappa shape index (κ2) is 5.65. The minimum atomic E-state index is -0.00526. The first-order chi connectivity index (χ1) is 6.36. The van der Waals surface area contributed by atoms with Crippen LogP contribution in [-0.4, -0.2) is 16.6 Å². The Balaban J connectivity index is 2.25. The predicted molar refractivity (Wildman–Crippen MR) is 50.0 cm³/mol. The van der Waals surface area contributed by atoms with E-state index < -0.39 is 0 Å². The number of hydrogen-bond donors (Lipinski definition) is 2. The second-order valence-corrected chi connectivity index (χ2v) is 3.42. The molecule has 0 fully saturated rings. The van der Waals surface area contributed by atoms with Crippen molar-refractivity contribution in [2.75, 3.05) is 6.54 Å². The summed E-state index contributed by atoms with van der Waals surface area (Å²) in [4.78, 5) is 4.15. The number of hydrogen-bond acceptors (Lipinski definition) is 5. The van der Waals surface area contributed by atoms with Gasteiger partial charge in [0.25, 0.3) is 0 Å². The van der Waals surface area contributed by atoms with Crippen LogP contribution in [0.4, 0.5) is 0 Å². The van der Waals surface area contributed by atoms with E-state index in [2.05, 4.69) is 16.4 Å². The number of nitriles is 1. The van der Waals surface area contributed by atoms with Gasteiger partial charge in [0.15, 0.2) is 0 Å². The van der Waals surface area contributed by atoms with Crippen molar-refractivity contribution in [3.05, 3.63) is 16.1 Å². The minimum Gasteiger partial charge on any atom is -0.390 e. The predicted octanol–water partition coefficient (Wildman–Crippen LogP) is 0.639. The van der Waals surface area contributed by atoms with Crippen LogP contribution in [0.15, 0.2) is 5.38 Å². The van der Waals surface area contributed by atoms with Crippen molar-refractivity contribution in [3.8, 4) is 6.07 Å². The Hall–Kier alpha value is -0.960. The summed E-state index contributed by atoms with van der Waals surface area (Å²) >= 11 is 1.52. The van der Waals surface area contributed by atoms with Crippen molar-refractivity contribution in [3.63, 3.8) is 0 Å². The molecule has 1 rings (SSSR count). The van der Waals surface area contributed by atoms with Crippen molar-refractivity contribution in [2.45, 2.75) is 19.6 Å². The van der Waals surface area contributed by atoms with Crippen molar-refractivity contribution < 1.29 is 5.11 Å². The van der Waals surface area contributed by atoms with Crippen LogP contribution in [0.5, 0.6) is 0 Å². The molecule has 0 aliphatic carbocycles. The Bertz CT molecular complexity index is 292. The summed E-state index contributed by atoms with van der Waals surface area (Å²) in [6.45, 7) is 1.35. The van der Waals surface area contributed by atoms with Gasteiger partial charge in [-0.1, -0.05) is 0 Å². The molecule has 1 heterocycles. The summed E-state index contributed by atoms with van der Waals surface area (Å²) in [5, 5.41) is 22.9. The summed E-state index contributed by atoms with van der Waals surface area (Å²) in [6, 6.07) is 2.05. The monoisotopic (exact) mass is 197 g/mol. The van der Waals surface area contributed by atoms with Crippen LogP contribution in [0.1, 0.15) is 17.1 Å². The van der Waals surface area contributed by atoms with Gasteiger partial charge in [0.1, 0.15) is 5.01 Å². The van der Waals surface area contributed by atoms with Crippen molar-refractivity contribution >= 4 is 11.3 Å². The number of nitrogens with one attached hydrogen (secondary N) is 1. The van der Waals surface area contributed by atoms with E-state index in [0.29, 0.717) is 25.2 Å². The number of thiazole rings is 1. The Morgan fingerprint density at radius 3 is 3.15 bits per heavy atom. The molecule has 0 aliphatic heterocycles. The second-order valence-electron chi connectivity index (χ2n) is 2.48. The average Bonchev–Trinajstić information content (AvgIpc) is 2.60. The molecule has 0 saturated carbocycles. The lowest BCUT2D eigenvalue weighted by Crippen LogP contribution is -2.13. The molecule has 4 nitrogen and oxygen atoms in total. The van der Waals surface area contributed by atoms with Crippen molar-refractivity contribution in [1.29, 1.82) is 5.26 Å². The molecule has 0 unspecified atom stereocenters. The van der Waals surface area contributed by atoms with Gasteiger partial charge in [-0.25, -0.2) is 4.98 Å². The molecular formula is C8H11N3OS. The van der Waals surface area contributed by atoms with Gasteiger partial charge >= 0.3 is 0 Å². The zero-order chi connectivity index (χ0) is 9.52. The summed E-state index contributed by atoms with van der Waals surface area (Å²) in [7, 11) is 0. The molecule has 5 heteroatoms. The molecule has 0 aromatic carbocycles. The van der Waals surface area contributed by atoms with E-state index in [9.17, 15) is 0 Å². The fourth-order valence-corrected chi connectivity index (χ4v) is 1.60. The lowest BCUT2D eigenvalue weighted by Gasteiger charge is -1.96. The highest BCUT2D eigenvalue weighted by Gasteiger charge is 1.99. The first-order valence-electron chi connectivity index (χ1n) is 3.98. The minimum absolute atomic E-state index is 0.00526. The summed E-state index contributed by atoms with van der Waals surface area (Å²) in [5.74, 6) is 0. The van der Waals surface area contributed by atoms with E-state index in [-0.39, 0.29) is 6.61 Å². The zero-order valence-electron chi connectivity index (χ0n) is 7.16. The molecule has 70 valence electrons. The van der Waals surface area contributed by atoms with Crippen LogP contribution < -0.4 is 5.32 Å². The topological polar surface area (TPSA) is 68.9 Å². The van der Waals surface area contributed by atoms with Crippen LogP contribution in [0.2, 0.25) is 0 Å². The molecule has 0 amide bonds. The third-order valence-corrected chi connectivity index (χ3v) is 2.35. The van der Waals surface area contributed by atoms with Crippen LogP contribution in [-0.2, 0) is 13.2 Å². The molecule has 1 aromatic rings. The maximum absolute atomic E-state index is 8.74. The number of aliphatic hydroxyl groups excluding tert-OH is 1. The Morgan fingerprint density at radius 2 is 2.54 bits per heavy atom. The highest BCUT2D eigenvalue weighted by atomic mass is 32.1. The van der Waals surface area contributed by atoms with E-state index >= 15 is 0 Å². The van der Waals surface area contributed by atoms with Gasteiger partial charge in [-0.15, -0.1) is 11.3 Å². The Labute approximate surface area is 80.9 Å². The van der Waals surface area contributed by atoms with Gasteiger partial charge in [-0.05, 0) is 0 Å². The molecule has 0 radical (unpaired) electrons. The maximum atomic E-state index is 8.74. The fourth-order valence-electron chi connectivity index (χ4n) is 0.842. The van der Waals surface area contributed by atoms with E-state index in [1.165, 1.54) is 11.3 Å². The van der Waals surface area contributed by atoms with E-state index in [0.717, 1.165) is 5.01 Å². The van der Waals surface area contributed by atoms with E-state index in [1.807, 2.05) is 5.38 Å². The lowest BCUT2D eigenvalue weighted by molar-refractivity contribution is 0.277. The molecule has 0 spiro atoms. The van der Waals surface area contributed by atoms with E-state index in [1.54, 1.807) is 0 Å². The molecule has 0 saturated heterocycles. The van der Waals surface area contributed by atoms with Crippen LogP contribution in [0.25, 0.3) is 0 Å². The third-order valence-electron chi connectivity index (χ3n) is 1.45. The standard InChI is InChI=1S/C8H11N3OS/c9-2-1-3-10-4-8-11-7(5-12)6-13-8/h6,10,12H,1,3-5H2. The van der Waals surface area contributed by atoms with Crippen LogP contribution >= 0.6 is 11.3 Å². The number of rotatable bonds is 5. The molecule has 1 aromatic heterocycles. The number of aliphatic hydroxyl groups is 1. The molecule has 13 heavy (non-hydrogen) atoms. The zero-order valence-corrected chi connectivity index (χ0v) is 7.97. The van der Waals surface area contributed by atoms with Crippen LogP contribution in [0, 0.1) is 11.3 Å². The highest BCUT2D eigenvalue weighted by Crippen LogP contribution is 2.08. The molecular weight excluding hydrogens is 186 g/mol. The first-order valence-corrected chi connectivity index (χ1v) is 4.86. The highest BCUT2D eigenvalue weighted by molar-refractivity contribution is 7.09. The average molecular weight is 197 g/mol. The lowest BCUT2D eigenvalue weighted by atomic mass is 10.4. The third kappa shape index (κ3) is 3.51. The van der Waals surface area contributed by atoms with Gasteiger partial charge in [-0.3, -0.25) is 0 Å². The van der Waals surface area contributed by atoms with Crippen molar-refractivity contribution in [1.82, 2.24) is 10.3 Å². The van der Waals surface area contributed by atoms with Gasteiger partial charge in [0.05, 0.1) is 18.4 Å². The van der Waals surface area contributed by atoms with E-state index in [4.69, 9.17) is 10.4 Å². The summed E-state index contributed by atoms with van der Waals surface area (Å²) < 4.78 is 0. The largest absolute Gasteiger partial charge is 0.390 e. The van der Waals surface area contributed by atoms with Gasteiger partial charge in [-0.2, -0.15) is 5.26 Å². The molecule has 0 atom stereocenters. The number of nitrogens with zero attached hydrogens (tertiary/aromatic N) is 2. The summed E-state index contributed by atoms with van der Waals surface area (Å²) in [6.07, 6.45) is 0.512. The van der Waals surface area contributed by atoms with Gasteiger partial charge in [0, 0.05) is 24.9 Å². The van der Waals surface area contributed by atoms with Crippen LogP contribution in [0.3, 0.4) is 0 Å². The molecule has 2 N–H and O–H groups in total. The van der Waals surface area contributed by atoms with Crippen molar-refractivity contribution in [2.24, 2.45) is 0 Å². The normalized spacial score (nSPS) is 9.85. The van der Waals surface area contributed by atoms with Gasteiger partial charge in [0.2, 0.25) is 0 Å². The maximum Gasteiger partial charge on any atom is 0.107 e. The Morgan fingerprint density at radius 1 is 1.69 bits per heavy atom. The molecule has 0 aliphatic rings.